The molecule has 0 bridgehead atoms. The molecule has 6 nitrogen and oxygen atoms in total. The molecule has 4 aromatic rings. The first kappa shape index (κ1) is 19.4. The highest BCUT2D eigenvalue weighted by Crippen LogP contribution is 2.38. The van der Waals surface area contributed by atoms with Crippen molar-refractivity contribution in [1.82, 2.24) is 15.2 Å². The number of fused-ring (bicyclic) bond motifs is 2. The van der Waals surface area contributed by atoms with Gasteiger partial charge in [-0.3, -0.25) is 10.1 Å². The molecule has 0 saturated heterocycles. The van der Waals surface area contributed by atoms with Gasteiger partial charge in [-0.2, -0.15) is 0 Å². The van der Waals surface area contributed by atoms with Crippen LogP contribution in [-0.4, -0.2) is 28.2 Å². The van der Waals surface area contributed by atoms with Crippen molar-refractivity contribution in [2.75, 3.05) is 12.4 Å². The van der Waals surface area contributed by atoms with Crippen LogP contribution in [0.4, 0.5) is 5.13 Å². The van der Waals surface area contributed by atoms with E-state index in [1.807, 2.05) is 55.5 Å². The van der Waals surface area contributed by atoms with E-state index < -0.39 is 0 Å². The number of rotatable bonds is 4. The van der Waals surface area contributed by atoms with E-state index in [1.54, 1.807) is 7.11 Å². The second kappa shape index (κ2) is 7.92. The first-order valence-electron chi connectivity index (χ1n) is 10.0. The quantitative estimate of drug-likeness (QED) is 0.487. The lowest BCUT2D eigenvalue weighted by molar-refractivity contribution is 0.102. The van der Waals surface area contributed by atoms with E-state index >= 15 is 0 Å². The van der Waals surface area contributed by atoms with Gasteiger partial charge in [-0.05, 0) is 60.7 Å². The maximum absolute atomic E-state index is 13.3. The Labute approximate surface area is 183 Å². The molecule has 2 aromatic heterocycles. The topological polar surface area (TPSA) is 77.0 Å². The molecule has 7 heteroatoms. The summed E-state index contributed by atoms with van der Waals surface area (Å²) in [6, 6.07) is 15.7. The fraction of sp³-hybridized carbons (Fsp3) is 0.167. The number of amides is 1. The Hall–Kier alpha value is -3.58. The number of carbonyl (C=O) groups excluding carboxylic acids is 1. The molecule has 2 heterocycles. The normalized spacial score (nSPS) is 14.1. The minimum atomic E-state index is -0.170. The van der Waals surface area contributed by atoms with Crippen LogP contribution in [0.3, 0.4) is 0 Å². The van der Waals surface area contributed by atoms with Crippen LogP contribution in [0.1, 0.15) is 38.6 Å². The van der Waals surface area contributed by atoms with Gasteiger partial charge < -0.3 is 4.74 Å². The zero-order valence-corrected chi connectivity index (χ0v) is 18.0. The lowest BCUT2D eigenvalue weighted by atomic mass is 10.00. The third-order valence-electron chi connectivity index (χ3n) is 5.37. The third-order valence-corrected chi connectivity index (χ3v) is 6.13. The SMILES string of the molecule is COc1ccc(/C=C2/CCc3c2nc2ccccc2c3C(=O)Nc2nnc(C)s2)cc1. The summed E-state index contributed by atoms with van der Waals surface area (Å²) in [7, 11) is 1.66. The van der Waals surface area contributed by atoms with Gasteiger partial charge in [0.2, 0.25) is 5.13 Å². The van der Waals surface area contributed by atoms with Crippen molar-refractivity contribution in [2.45, 2.75) is 19.8 Å². The predicted octanol–water partition coefficient (Wildman–Crippen LogP) is 5.14. The third kappa shape index (κ3) is 3.68. The summed E-state index contributed by atoms with van der Waals surface area (Å²) in [4.78, 5) is 18.2. The molecule has 1 N–H and O–H groups in total. The monoisotopic (exact) mass is 428 g/mol. The molecule has 0 unspecified atom stereocenters. The average molecular weight is 429 g/mol. The predicted molar refractivity (Wildman–Crippen MR) is 124 cm³/mol. The van der Waals surface area contributed by atoms with Crippen LogP contribution in [0.2, 0.25) is 0 Å². The Morgan fingerprint density at radius 3 is 2.65 bits per heavy atom. The number of methoxy groups -OCH3 is 1. The Balaban J connectivity index is 1.60. The molecule has 1 aliphatic rings. The second-order valence-electron chi connectivity index (χ2n) is 7.35. The van der Waals surface area contributed by atoms with Crippen LogP contribution in [0.25, 0.3) is 22.6 Å². The van der Waals surface area contributed by atoms with E-state index in [2.05, 4.69) is 21.6 Å². The molecule has 0 spiro atoms. The van der Waals surface area contributed by atoms with Gasteiger partial charge in [0.05, 0.1) is 23.9 Å². The number of ether oxygens (including phenoxy) is 1. The van der Waals surface area contributed by atoms with E-state index in [0.29, 0.717) is 10.7 Å². The van der Waals surface area contributed by atoms with Gasteiger partial charge in [-0.25, -0.2) is 4.98 Å². The van der Waals surface area contributed by atoms with E-state index in [1.165, 1.54) is 11.3 Å². The van der Waals surface area contributed by atoms with Crippen molar-refractivity contribution in [3.63, 3.8) is 0 Å². The number of aromatic nitrogens is 3. The summed E-state index contributed by atoms with van der Waals surface area (Å²) < 4.78 is 5.25. The van der Waals surface area contributed by atoms with Gasteiger partial charge in [-0.15, -0.1) is 10.2 Å². The van der Waals surface area contributed by atoms with E-state index in [0.717, 1.165) is 56.9 Å². The van der Waals surface area contributed by atoms with Crippen molar-refractivity contribution < 1.29 is 9.53 Å². The van der Waals surface area contributed by atoms with Crippen LogP contribution in [-0.2, 0) is 6.42 Å². The number of anilines is 1. The van der Waals surface area contributed by atoms with E-state index in [4.69, 9.17) is 9.72 Å². The molecule has 1 amide bonds. The molecule has 0 fully saturated rings. The van der Waals surface area contributed by atoms with Gasteiger partial charge in [-0.1, -0.05) is 41.7 Å². The van der Waals surface area contributed by atoms with Crippen LogP contribution < -0.4 is 10.1 Å². The van der Waals surface area contributed by atoms with Crippen LogP contribution in [0.15, 0.2) is 48.5 Å². The number of carbonyl (C=O) groups is 1. The molecule has 0 aliphatic heterocycles. The largest absolute Gasteiger partial charge is 0.497 e. The molecule has 154 valence electrons. The number of para-hydroxylation sites is 1. The van der Waals surface area contributed by atoms with Crippen molar-refractivity contribution in [3.8, 4) is 5.75 Å². The first-order chi connectivity index (χ1) is 15.1. The molecule has 2 aromatic carbocycles. The van der Waals surface area contributed by atoms with Gasteiger partial charge >= 0.3 is 0 Å². The Kier molecular flexibility index (Phi) is 4.95. The summed E-state index contributed by atoms with van der Waals surface area (Å²) in [5.41, 5.74) is 5.57. The van der Waals surface area contributed by atoms with Gasteiger partial charge in [0, 0.05) is 5.39 Å². The highest BCUT2D eigenvalue weighted by Gasteiger charge is 2.27. The molecule has 5 rings (SSSR count). The van der Waals surface area contributed by atoms with Gasteiger partial charge in [0.15, 0.2) is 0 Å². The molecular formula is C24H20N4O2S. The Bertz CT molecular complexity index is 1330. The molecular weight excluding hydrogens is 408 g/mol. The van der Waals surface area contributed by atoms with Crippen molar-refractivity contribution in [1.29, 1.82) is 0 Å². The number of aryl methyl sites for hydroxylation is 1. The number of nitrogens with one attached hydrogen (secondary N) is 1. The molecule has 1 aliphatic carbocycles. The number of nitrogens with zero attached hydrogens (tertiary/aromatic N) is 3. The summed E-state index contributed by atoms with van der Waals surface area (Å²) in [6.07, 6.45) is 3.75. The second-order valence-corrected chi connectivity index (χ2v) is 8.54. The number of pyridine rings is 1. The van der Waals surface area contributed by atoms with Crippen molar-refractivity contribution in [2.24, 2.45) is 0 Å². The average Bonchev–Trinajstić information content (AvgIpc) is 3.38. The maximum Gasteiger partial charge on any atom is 0.258 e. The zero-order valence-electron chi connectivity index (χ0n) is 17.2. The lowest BCUT2D eigenvalue weighted by Crippen LogP contribution is -2.15. The standard InChI is InChI=1S/C24H20N4O2S/c1-14-27-28-24(31-14)26-23(29)21-18-5-3-4-6-20(18)25-22-16(9-12-19(21)22)13-15-7-10-17(30-2)11-8-15/h3-8,10-11,13H,9,12H2,1-2H3,(H,26,28,29)/b16-13-. The first-order valence-corrected chi connectivity index (χ1v) is 10.8. The van der Waals surface area contributed by atoms with Crippen molar-refractivity contribution in [3.05, 3.63) is 75.9 Å². The highest BCUT2D eigenvalue weighted by atomic mass is 32.1. The Morgan fingerprint density at radius 2 is 1.90 bits per heavy atom. The number of hydrogen-bond donors (Lipinski definition) is 1. The van der Waals surface area contributed by atoms with E-state index in [9.17, 15) is 4.79 Å². The van der Waals surface area contributed by atoms with Crippen molar-refractivity contribution >= 4 is 44.9 Å². The van der Waals surface area contributed by atoms with Gasteiger partial charge in [0.1, 0.15) is 10.8 Å². The van der Waals surface area contributed by atoms with Crippen LogP contribution in [0, 0.1) is 6.92 Å². The van der Waals surface area contributed by atoms with Crippen LogP contribution in [0.5, 0.6) is 5.75 Å². The molecule has 0 saturated carbocycles. The summed E-state index contributed by atoms with van der Waals surface area (Å²) in [5, 5.41) is 13.1. The lowest BCUT2D eigenvalue weighted by Gasteiger charge is -2.12. The Morgan fingerprint density at radius 1 is 1.10 bits per heavy atom. The highest BCUT2D eigenvalue weighted by molar-refractivity contribution is 7.15. The molecule has 0 atom stereocenters. The minimum Gasteiger partial charge on any atom is -0.497 e. The summed E-state index contributed by atoms with van der Waals surface area (Å²) in [5.74, 6) is 0.653. The smallest absolute Gasteiger partial charge is 0.258 e. The number of hydrogen-bond acceptors (Lipinski definition) is 6. The molecule has 31 heavy (non-hydrogen) atoms. The number of allylic oxidation sites excluding steroid dienone is 1. The van der Waals surface area contributed by atoms with Gasteiger partial charge in [0.25, 0.3) is 5.91 Å². The summed E-state index contributed by atoms with van der Waals surface area (Å²) in [6.45, 7) is 1.86. The molecule has 0 radical (unpaired) electrons. The fourth-order valence-corrected chi connectivity index (χ4v) is 4.53. The van der Waals surface area contributed by atoms with E-state index in [-0.39, 0.29) is 5.91 Å². The maximum atomic E-state index is 13.3. The minimum absolute atomic E-state index is 0.170. The van der Waals surface area contributed by atoms with Crippen LogP contribution >= 0.6 is 11.3 Å². The zero-order chi connectivity index (χ0) is 21.4. The summed E-state index contributed by atoms with van der Waals surface area (Å²) >= 11 is 1.36. The number of benzene rings is 2. The fourth-order valence-electron chi connectivity index (χ4n) is 3.95.